The largest absolute Gasteiger partial charge is 0.307 e. The van der Waals surface area contributed by atoms with Gasteiger partial charge in [0.05, 0.1) is 34.6 Å². The van der Waals surface area contributed by atoms with Gasteiger partial charge in [0.15, 0.2) is 11.6 Å². The van der Waals surface area contributed by atoms with E-state index in [1.165, 1.54) is 0 Å². The minimum Gasteiger partial charge on any atom is -0.307 e. The van der Waals surface area contributed by atoms with Gasteiger partial charge in [0.1, 0.15) is 0 Å². The maximum Gasteiger partial charge on any atom is 0.238 e. The molecule has 3 aromatic heterocycles. The highest BCUT2D eigenvalue weighted by molar-refractivity contribution is 6.24. The number of nitrogens with zero attached hydrogens (tertiary/aromatic N) is 5. The van der Waals surface area contributed by atoms with E-state index in [1.807, 2.05) is 83.4 Å². The maximum absolute atomic E-state index is 9.03. The van der Waals surface area contributed by atoms with Crippen molar-refractivity contribution >= 4 is 43.6 Å². The van der Waals surface area contributed by atoms with Gasteiger partial charge >= 0.3 is 0 Å². The minimum absolute atomic E-state index is 0.0343. The third-order valence-electron chi connectivity index (χ3n) is 10.5. The Kier molecular flexibility index (Phi) is 6.29. The molecule has 56 heavy (non-hydrogen) atoms. The number of aromatic nitrogens is 5. The first-order valence-electron chi connectivity index (χ1n) is 21.0. The Hall–Kier alpha value is -7.63. The molecule has 5 nitrogen and oxygen atoms in total. The van der Waals surface area contributed by atoms with Crippen LogP contribution in [0.4, 0.5) is 0 Å². The average Bonchev–Trinajstić information content (AvgIpc) is 3.84. The summed E-state index contributed by atoms with van der Waals surface area (Å²) >= 11 is 0. The van der Waals surface area contributed by atoms with E-state index in [4.69, 9.17) is 21.8 Å². The molecule has 11 rings (SSSR count). The van der Waals surface area contributed by atoms with Gasteiger partial charge in [-0.2, -0.15) is 9.97 Å². The number of hydrogen-bond acceptors (Lipinski definition) is 3. The van der Waals surface area contributed by atoms with Crippen molar-refractivity contribution in [2.75, 3.05) is 0 Å². The SMILES string of the molecule is [2H]c1c([2H])c([2H])c(-c2nc(-c3ccccc3-c3ccccc3)nc(-n3c4ccccc4c4ccc5c6ccccc6n(-c6ccccc6-c6ccccc6)c5c43)n2)c([2H])c1[2H]. The fourth-order valence-electron chi connectivity index (χ4n) is 8.10. The van der Waals surface area contributed by atoms with Gasteiger partial charge in [-0.25, -0.2) is 4.98 Å². The lowest BCUT2D eigenvalue weighted by molar-refractivity contribution is 0.953. The summed E-state index contributed by atoms with van der Waals surface area (Å²) < 4.78 is 48.0. The topological polar surface area (TPSA) is 48.5 Å². The van der Waals surface area contributed by atoms with Crippen LogP contribution in [0, 0.1) is 0 Å². The number of hydrogen-bond donors (Lipinski definition) is 0. The normalized spacial score (nSPS) is 12.8. The zero-order chi connectivity index (χ0) is 41.4. The summed E-state index contributed by atoms with van der Waals surface area (Å²) in [6.07, 6.45) is 0. The lowest BCUT2D eigenvalue weighted by atomic mass is 9.99. The Balaban J connectivity index is 1.31. The minimum atomic E-state index is -0.490. The Morgan fingerprint density at radius 1 is 0.357 bits per heavy atom. The fourth-order valence-corrected chi connectivity index (χ4v) is 8.10. The van der Waals surface area contributed by atoms with E-state index in [0.717, 1.165) is 71.6 Å². The third kappa shape index (κ3) is 5.06. The van der Waals surface area contributed by atoms with E-state index in [-0.39, 0.29) is 17.3 Å². The molecule has 0 aliphatic rings. The zero-order valence-corrected chi connectivity index (χ0v) is 29.9. The van der Waals surface area contributed by atoms with Crippen molar-refractivity contribution in [3.63, 3.8) is 0 Å². The van der Waals surface area contributed by atoms with Crippen molar-refractivity contribution in [3.8, 4) is 56.7 Å². The molecule has 5 heteroatoms. The monoisotopic (exact) mass is 720 g/mol. The first kappa shape index (κ1) is 27.0. The van der Waals surface area contributed by atoms with Gasteiger partial charge in [-0.1, -0.05) is 182 Å². The number of benzene rings is 8. The molecule has 0 radical (unpaired) electrons. The Morgan fingerprint density at radius 3 is 1.54 bits per heavy atom. The lowest BCUT2D eigenvalue weighted by Crippen LogP contribution is -2.07. The third-order valence-corrected chi connectivity index (χ3v) is 10.5. The van der Waals surface area contributed by atoms with Gasteiger partial charge in [-0.3, -0.25) is 4.57 Å². The van der Waals surface area contributed by atoms with Crippen LogP contribution in [-0.4, -0.2) is 24.1 Å². The summed E-state index contributed by atoms with van der Waals surface area (Å²) in [6.45, 7) is 0. The molecule has 8 aromatic carbocycles. The molecule has 0 fully saturated rings. The van der Waals surface area contributed by atoms with E-state index in [0.29, 0.717) is 11.4 Å². The second-order valence-corrected chi connectivity index (χ2v) is 13.6. The van der Waals surface area contributed by atoms with Gasteiger partial charge < -0.3 is 4.57 Å². The van der Waals surface area contributed by atoms with Crippen molar-refractivity contribution in [3.05, 3.63) is 200 Å². The molecule has 0 amide bonds. The van der Waals surface area contributed by atoms with Crippen LogP contribution in [0.3, 0.4) is 0 Å². The molecular formula is C51H33N5. The van der Waals surface area contributed by atoms with E-state index in [9.17, 15) is 0 Å². The molecule has 0 N–H and O–H groups in total. The molecule has 3 heterocycles. The van der Waals surface area contributed by atoms with Crippen LogP contribution in [0.2, 0.25) is 0 Å². The lowest BCUT2D eigenvalue weighted by Gasteiger charge is -2.16. The van der Waals surface area contributed by atoms with E-state index in [1.54, 1.807) is 0 Å². The molecular weight excluding hydrogens is 683 g/mol. The van der Waals surface area contributed by atoms with Crippen LogP contribution >= 0.6 is 0 Å². The Morgan fingerprint density at radius 2 is 0.857 bits per heavy atom. The smallest absolute Gasteiger partial charge is 0.238 e. The van der Waals surface area contributed by atoms with Gasteiger partial charge in [-0.15, -0.1) is 0 Å². The molecule has 0 spiro atoms. The Labute approximate surface area is 330 Å². The standard InChI is InChI=1S/C51H33N5/c1-4-18-34(19-5-1)37-24-10-11-28-43(37)50-52-49(36-22-8-3-9-23-36)53-51(54-50)56-46-31-17-14-27-40(46)42-33-32-41-39-26-13-16-30-45(39)55(47(41)48(42)56)44-29-15-12-25-38(44)35-20-6-2-7-21-35/h1-33H/i3D,8D,9D,22D,23D. The Bertz CT molecular complexity index is 3520. The second-order valence-electron chi connectivity index (χ2n) is 13.6. The number of para-hydroxylation sites is 3. The summed E-state index contributed by atoms with van der Waals surface area (Å²) in [5.41, 5.74) is 9.20. The van der Waals surface area contributed by atoms with Crippen molar-refractivity contribution in [2.45, 2.75) is 0 Å². The molecule has 0 saturated heterocycles. The highest BCUT2D eigenvalue weighted by atomic mass is 15.2. The molecule has 11 aromatic rings. The summed E-state index contributed by atoms with van der Waals surface area (Å²) in [7, 11) is 0. The van der Waals surface area contributed by atoms with Crippen LogP contribution < -0.4 is 0 Å². The summed E-state index contributed by atoms with van der Waals surface area (Å²) in [5.74, 6) is 0.494. The molecule has 0 unspecified atom stereocenters. The van der Waals surface area contributed by atoms with E-state index in [2.05, 4.69) is 95.6 Å². The van der Waals surface area contributed by atoms with Crippen LogP contribution in [-0.2, 0) is 0 Å². The first-order valence-corrected chi connectivity index (χ1v) is 18.5. The maximum atomic E-state index is 9.03. The number of fused-ring (bicyclic) bond motifs is 7. The quantitative estimate of drug-likeness (QED) is 0.172. The van der Waals surface area contributed by atoms with Gasteiger partial charge in [-0.05, 0) is 34.9 Å². The van der Waals surface area contributed by atoms with Gasteiger partial charge in [0.2, 0.25) is 5.95 Å². The van der Waals surface area contributed by atoms with Crippen LogP contribution in [0.15, 0.2) is 200 Å². The van der Waals surface area contributed by atoms with Crippen LogP contribution in [0.1, 0.15) is 6.85 Å². The average molecular weight is 721 g/mol. The summed E-state index contributed by atoms with van der Waals surface area (Å²) in [4.78, 5) is 15.3. The molecule has 0 aliphatic heterocycles. The predicted molar refractivity (Wildman–Crippen MR) is 230 cm³/mol. The molecule has 262 valence electrons. The van der Waals surface area contributed by atoms with Crippen molar-refractivity contribution < 1.29 is 6.85 Å². The number of rotatable bonds is 6. The van der Waals surface area contributed by atoms with E-state index >= 15 is 0 Å². The van der Waals surface area contributed by atoms with Gasteiger partial charge in [0, 0.05) is 38.2 Å². The van der Waals surface area contributed by atoms with Crippen LogP contribution in [0.5, 0.6) is 0 Å². The molecule has 0 aliphatic carbocycles. The van der Waals surface area contributed by atoms with Crippen LogP contribution in [0.25, 0.3) is 100 Å². The first-order chi connectivity index (χ1) is 29.9. The zero-order valence-electron chi connectivity index (χ0n) is 34.9. The van der Waals surface area contributed by atoms with Crippen molar-refractivity contribution in [1.29, 1.82) is 0 Å². The predicted octanol–water partition coefficient (Wildman–Crippen LogP) is 12.7. The van der Waals surface area contributed by atoms with Gasteiger partial charge in [0.25, 0.3) is 0 Å². The summed E-state index contributed by atoms with van der Waals surface area (Å²) in [5, 5.41) is 4.06. The molecule has 0 saturated carbocycles. The molecule has 0 bridgehead atoms. The van der Waals surface area contributed by atoms with E-state index < -0.39 is 30.2 Å². The summed E-state index contributed by atoms with van der Waals surface area (Å²) in [6, 6.07) is 55.2. The van der Waals surface area contributed by atoms with Crippen molar-refractivity contribution in [2.24, 2.45) is 0 Å². The fraction of sp³-hybridized carbons (Fsp3) is 0. The molecule has 0 atom stereocenters. The van der Waals surface area contributed by atoms with Crippen molar-refractivity contribution in [1.82, 2.24) is 24.1 Å². The second kappa shape index (κ2) is 13.0. The highest BCUT2D eigenvalue weighted by Crippen LogP contribution is 2.43. The highest BCUT2D eigenvalue weighted by Gasteiger charge is 2.24.